The van der Waals surface area contributed by atoms with Gasteiger partial charge in [0.15, 0.2) is 0 Å². The van der Waals surface area contributed by atoms with E-state index in [9.17, 15) is 4.39 Å². The minimum absolute atomic E-state index is 0.0721. The van der Waals surface area contributed by atoms with Crippen LogP contribution in [0.5, 0.6) is 0 Å². The molecule has 3 rings (SSSR count). The molecule has 5 heteroatoms. The molecule has 1 aliphatic carbocycles. The van der Waals surface area contributed by atoms with E-state index in [4.69, 9.17) is 21.9 Å². The molecule has 0 bridgehead atoms. The first-order chi connectivity index (χ1) is 8.59. The molecule has 0 saturated heterocycles. The van der Waals surface area contributed by atoms with E-state index in [1.54, 1.807) is 12.1 Å². The van der Waals surface area contributed by atoms with Crippen molar-refractivity contribution in [1.82, 2.24) is 5.16 Å². The fraction of sp³-hybridized carbons (Fsp3) is 0.308. The molecular weight excluding hydrogens is 255 g/mol. The zero-order valence-electron chi connectivity index (χ0n) is 9.78. The van der Waals surface area contributed by atoms with Crippen LogP contribution >= 0.6 is 11.6 Å². The molecule has 0 amide bonds. The maximum Gasteiger partial charge on any atom is 0.230 e. The molecule has 94 valence electrons. The number of nitrogen functional groups attached to an aromatic ring is 1. The summed E-state index contributed by atoms with van der Waals surface area (Å²) < 4.78 is 19.1. The summed E-state index contributed by atoms with van der Waals surface area (Å²) in [5, 5.41) is 4.04. The van der Waals surface area contributed by atoms with Crippen molar-refractivity contribution >= 4 is 17.5 Å². The first-order valence-corrected chi connectivity index (χ1v) is 6.16. The lowest BCUT2D eigenvalue weighted by atomic mass is 10.0. The lowest BCUT2D eigenvalue weighted by Gasteiger charge is -2.04. The van der Waals surface area contributed by atoms with Crippen LogP contribution in [0.25, 0.3) is 11.1 Å². The van der Waals surface area contributed by atoms with Gasteiger partial charge in [-0.15, -0.1) is 0 Å². The number of nitrogens with two attached hydrogens (primary N) is 1. The second-order valence-electron chi connectivity index (χ2n) is 4.73. The summed E-state index contributed by atoms with van der Waals surface area (Å²) in [5.41, 5.74) is 7.40. The van der Waals surface area contributed by atoms with Gasteiger partial charge < -0.3 is 10.3 Å². The Morgan fingerprint density at radius 1 is 1.50 bits per heavy atom. The Labute approximate surface area is 109 Å². The highest BCUT2D eigenvalue weighted by molar-refractivity contribution is 6.31. The normalized spacial score (nSPS) is 22.2. The molecule has 2 aromatic rings. The molecule has 0 aliphatic heterocycles. The van der Waals surface area contributed by atoms with E-state index < -0.39 is 5.82 Å². The average Bonchev–Trinajstić information content (AvgIpc) is 2.93. The number of hydrogen-bond acceptors (Lipinski definition) is 3. The van der Waals surface area contributed by atoms with Crippen LogP contribution in [0.3, 0.4) is 0 Å². The van der Waals surface area contributed by atoms with Gasteiger partial charge in [-0.1, -0.05) is 35.8 Å². The third-order valence-electron chi connectivity index (χ3n) is 3.43. The minimum atomic E-state index is -0.483. The fourth-order valence-electron chi connectivity index (χ4n) is 2.24. The van der Waals surface area contributed by atoms with Crippen molar-refractivity contribution in [3.8, 4) is 11.1 Å². The Balaban J connectivity index is 2.16. The molecule has 0 radical (unpaired) electrons. The van der Waals surface area contributed by atoms with Crippen LogP contribution in [0, 0.1) is 11.7 Å². The van der Waals surface area contributed by atoms with Crippen molar-refractivity contribution < 1.29 is 8.91 Å². The van der Waals surface area contributed by atoms with E-state index >= 15 is 0 Å². The van der Waals surface area contributed by atoms with Crippen LogP contribution in [0.2, 0.25) is 5.02 Å². The Bertz CT molecular complexity index is 611. The van der Waals surface area contributed by atoms with Gasteiger partial charge in [0.2, 0.25) is 5.88 Å². The number of anilines is 1. The number of hydrogen-bond donors (Lipinski definition) is 1. The standard InChI is InChI=1S/C13H12ClFN2O/c1-6-5-8(6)12-10(13(16)18-17-12)7-3-2-4-9(14)11(7)15/h2-4,6,8H,5,16H2,1H3. The second-order valence-corrected chi connectivity index (χ2v) is 5.14. The van der Waals surface area contributed by atoms with Crippen molar-refractivity contribution in [1.29, 1.82) is 0 Å². The van der Waals surface area contributed by atoms with Gasteiger partial charge in [-0.3, -0.25) is 0 Å². The first-order valence-electron chi connectivity index (χ1n) is 5.79. The maximum absolute atomic E-state index is 14.0. The summed E-state index contributed by atoms with van der Waals surface area (Å²) in [6, 6.07) is 4.83. The van der Waals surface area contributed by atoms with Gasteiger partial charge in [-0.05, 0) is 18.4 Å². The summed E-state index contributed by atoms with van der Waals surface area (Å²) in [5.74, 6) is 0.504. The molecule has 2 N–H and O–H groups in total. The van der Waals surface area contributed by atoms with Crippen LogP contribution in [-0.4, -0.2) is 5.16 Å². The van der Waals surface area contributed by atoms with Gasteiger partial charge in [0.05, 0.1) is 16.3 Å². The van der Waals surface area contributed by atoms with Crippen LogP contribution in [0.4, 0.5) is 10.3 Å². The first kappa shape index (κ1) is 11.5. The molecule has 18 heavy (non-hydrogen) atoms. The molecule has 2 unspecified atom stereocenters. The van der Waals surface area contributed by atoms with Crippen molar-refractivity contribution in [3.63, 3.8) is 0 Å². The van der Waals surface area contributed by atoms with Crippen molar-refractivity contribution in [2.24, 2.45) is 5.92 Å². The van der Waals surface area contributed by atoms with Crippen LogP contribution < -0.4 is 5.73 Å². The highest BCUT2D eigenvalue weighted by atomic mass is 35.5. The Morgan fingerprint density at radius 2 is 2.22 bits per heavy atom. The smallest absolute Gasteiger partial charge is 0.230 e. The Morgan fingerprint density at radius 3 is 2.89 bits per heavy atom. The van der Waals surface area contributed by atoms with E-state index in [0.717, 1.165) is 12.1 Å². The molecular formula is C13H12ClFN2O. The number of rotatable bonds is 2. The number of halogens is 2. The lowest BCUT2D eigenvalue weighted by Crippen LogP contribution is -1.93. The fourth-order valence-corrected chi connectivity index (χ4v) is 2.41. The van der Waals surface area contributed by atoms with Crippen molar-refractivity contribution in [2.75, 3.05) is 5.73 Å². The van der Waals surface area contributed by atoms with Crippen LogP contribution in [0.1, 0.15) is 25.0 Å². The molecule has 2 atom stereocenters. The zero-order chi connectivity index (χ0) is 12.9. The number of benzene rings is 1. The third-order valence-corrected chi connectivity index (χ3v) is 3.72. The summed E-state index contributed by atoms with van der Waals surface area (Å²) in [4.78, 5) is 0. The van der Waals surface area contributed by atoms with Crippen molar-refractivity contribution in [3.05, 3.63) is 34.7 Å². The zero-order valence-corrected chi connectivity index (χ0v) is 10.5. The van der Waals surface area contributed by atoms with Gasteiger partial charge in [0, 0.05) is 11.5 Å². The largest absolute Gasteiger partial charge is 0.367 e. The van der Waals surface area contributed by atoms with Crippen molar-refractivity contribution in [2.45, 2.75) is 19.3 Å². The monoisotopic (exact) mass is 266 g/mol. The predicted molar refractivity (Wildman–Crippen MR) is 67.8 cm³/mol. The predicted octanol–water partition coefficient (Wildman–Crippen LogP) is 3.84. The van der Waals surface area contributed by atoms with Crippen LogP contribution in [0.15, 0.2) is 22.7 Å². The summed E-state index contributed by atoms with van der Waals surface area (Å²) in [6.45, 7) is 2.12. The van der Waals surface area contributed by atoms with E-state index in [2.05, 4.69) is 12.1 Å². The van der Waals surface area contributed by atoms with E-state index in [0.29, 0.717) is 23.0 Å². The number of aromatic nitrogens is 1. The molecule has 1 heterocycles. The van der Waals surface area contributed by atoms with E-state index in [1.165, 1.54) is 6.07 Å². The highest BCUT2D eigenvalue weighted by Gasteiger charge is 2.39. The average molecular weight is 267 g/mol. The van der Waals surface area contributed by atoms with E-state index in [-0.39, 0.29) is 10.9 Å². The maximum atomic E-state index is 14.0. The SMILES string of the molecule is CC1CC1c1noc(N)c1-c1cccc(Cl)c1F. The topological polar surface area (TPSA) is 52.0 Å². The summed E-state index contributed by atoms with van der Waals surface area (Å²) in [7, 11) is 0. The highest BCUT2D eigenvalue weighted by Crippen LogP contribution is 2.51. The summed E-state index contributed by atoms with van der Waals surface area (Å²) >= 11 is 5.79. The third kappa shape index (κ3) is 1.68. The Hall–Kier alpha value is -1.55. The van der Waals surface area contributed by atoms with Gasteiger partial charge in [0.1, 0.15) is 5.82 Å². The molecule has 1 fully saturated rings. The molecule has 1 aromatic heterocycles. The van der Waals surface area contributed by atoms with E-state index in [1.807, 2.05) is 0 Å². The molecule has 3 nitrogen and oxygen atoms in total. The lowest BCUT2D eigenvalue weighted by molar-refractivity contribution is 0.427. The van der Waals surface area contributed by atoms with Gasteiger partial charge in [-0.25, -0.2) is 4.39 Å². The molecule has 1 aromatic carbocycles. The van der Waals surface area contributed by atoms with Gasteiger partial charge in [-0.2, -0.15) is 0 Å². The number of nitrogens with zero attached hydrogens (tertiary/aromatic N) is 1. The molecule has 1 aliphatic rings. The minimum Gasteiger partial charge on any atom is -0.367 e. The molecule has 1 saturated carbocycles. The van der Waals surface area contributed by atoms with Gasteiger partial charge >= 0.3 is 0 Å². The second kappa shape index (κ2) is 3.99. The summed E-state index contributed by atoms with van der Waals surface area (Å²) in [6.07, 6.45) is 1.03. The Kier molecular flexibility index (Phi) is 2.55. The van der Waals surface area contributed by atoms with Crippen LogP contribution in [-0.2, 0) is 0 Å². The molecule has 0 spiro atoms. The van der Waals surface area contributed by atoms with Gasteiger partial charge in [0.25, 0.3) is 0 Å². The quantitative estimate of drug-likeness (QED) is 0.898.